The topological polar surface area (TPSA) is 9.23 Å². The van der Waals surface area contributed by atoms with E-state index in [0.29, 0.717) is 9.49 Å². The molecule has 0 fully saturated rings. The van der Waals surface area contributed by atoms with Crippen LogP contribution in [0.2, 0.25) is 0 Å². The van der Waals surface area contributed by atoms with Crippen molar-refractivity contribution in [1.29, 1.82) is 0 Å². The molecule has 0 aliphatic heterocycles. The molecule has 0 saturated carbocycles. The second kappa shape index (κ2) is 23.1. The lowest BCUT2D eigenvalue weighted by Crippen LogP contribution is -2.18. The maximum atomic E-state index is 5.96. The van der Waals surface area contributed by atoms with Gasteiger partial charge in [-0.3, -0.25) is 0 Å². The highest BCUT2D eigenvalue weighted by atomic mass is 32.2. The van der Waals surface area contributed by atoms with Crippen molar-refractivity contribution >= 4 is 23.5 Å². The maximum Gasteiger partial charge on any atom is 0.0557 e. The Morgan fingerprint density at radius 1 is 0.455 bits per heavy atom. The third kappa shape index (κ3) is 25.6. The highest BCUT2D eigenvalue weighted by molar-refractivity contribution is 8.00. The summed E-state index contributed by atoms with van der Waals surface area (Å²) in [7, 11) is 0. The predicted octanol–water partition coefficient (Wildman–Crippen LogP) is 11.1. The molecule has 200 valence electrons. The first-order chi connectivity index (χ1) is 15.8. The van der Waals surface area contributed by atoms with Gasteiger partial charge in [0.25, 0.3) is 0 Å². The Balaban J connectivity index is 3.53. The lowest BCUT2D eigenvalue weighted by molar-refractivity contribution is 0.167. The molecular weight excluding hydrogens is 440 g/mol. The molecule has 0 aromatic rings. The normalized spacial score (nSPS) is 12.5. The quantitative estimate of drug-likeness (QED) is 0.109. The molecule has 33 heavy (non-hydrogen) atoms. The van der Waals surface area contributed by atoms with Crippen molar-refractivity contribution in [3.05, 3.63) is 0 Å². The maximum absolute atomic E-state index is 5.96. The van der Waals surface area contributed by atoms with Crippen LogP contribution in [0.1, 0.15) is 157 Å². The molecule has 0 atom stereocenters. The van der Waals surface area contributed by atoms with E-state index in [-0.39, 0.29) is 0 Å². The molecular formula is C30H62OS2. The highest BCUT2D eigenvalue weighted by Gasteiger charge is 2.18. The van der Waals surface area contributed by atoms with Gasteiger partial charge >= 0.3 is 0 Å². The number of thioether (sulfide) groups is 2. The summed E-state index contributed by atoms with van der Waals surface area (Å²) in [5.41, 5.74) is 0. The van der Waals surface area contributed by atoms with Gasteiger partial charge in [0.2, 0.25) is 0 Å². The fourth-order valence-electron chi connectivity index (χ4n) is 4.37. The smallest absolute Gasteiger partial charge is 0.0557 e. The SMILES string of the molecule is CCCCCCCCCCC(C)(C)SCCOCCSC(C)(C)CCCCCCCCCC. The van der Waals surface area contributed by atoms with E-state index >= 15 is 0 Å². The summed E-state index contributed by atoms with van der Waals surface area (Å²) in [6.07, 6.45) is 25.3. The van der Waals surface area contributed by atoms with Crippen molar-refractivity contribution in [2.24, 2.45) is 0 Å². The van der Waals surface area contributed by atoms with Gasteiger partial charge in [-0.2, -0.15) is 23.5 Å². The first-order valence-corrected chi connectivity index (χ1v) is 16.7. The number of hydrogen-bond acceptors (Lipinski definition) is 3. The molecule has 0 unspecified atom stereocenters. The summed E-state index contributed by atoms with van der Waals surface area (Å²) in [4.78, 5) is 0. The zero-order chi connectivity index (χ0) is 24.7. The number of hydrogen-bond donors (Lipinski definition) is 0. The molecule has 0 aromatic carbocycles. The molecule has 1 nitrogen and oxygen atoms in total. The Morgan fingerprint density at radius 2 is 0.758 bits per heavy atom. The minimum absolute atomic E-state index is 0.401. The van der Waals surface area contributed by atoms with Gasteiger partial charge in [0.05, 0.1) is 13.2 Å². The molecule has 0 aliphatic carbocycles. The van der Waals surface area contributed by atoms with Crippen LogP contribution in [-0.2, 0) is 4.74 Å². The van der Waals surface area contributed by atoms with E-state index in [2.05, 4.69) is 65.1 Å². The average Bonchev–Trinajstić information content (AvgIpc) is 2.76. The van der Waals surface area contributed by atoms with Gasteiger partial charge in [-0.1, -0.05) is 144 Å². The van der Waals surface area contributed by atoms with Crippen molar-refractivity contribution < 1.29 is 4.74 Å². The first kappa shape index (κ1) is 33.7. The third-order valence-corrected chi connectivity index (χ3v) is 9.42. The lowest BCUT2D eigenvalue weighted by Gasteiger charge is -2.25. The Hall–Kier alpha value is 0.660. The van der Waals surface area contributed by atoms with Crippen LogP contribution in [0.5, 0.6) is 0 Å². The molecule has 0 N–H and O–H groups in total. The minimum atomic E-state index is 0.401. The third-order valence-electron chi connectivity index (χ3n) is 6.71. The molecule has 0 aliphatic rings. The van der Waals surface area contributed by atoms with Crippen LogP contribution in [0, 0.1) is 0 Å². The molecule has 0 amide bonds. The number of ether oxygens (including phenoxy) is 1. The van der Waals surface area contributed by atoms with Crippen LogP contribution < -0.4 is 0 Å². The van der Waals surface area contributed by atoms with Crippen LogP contribution in [0.3, 0.4) is 0 Å². The molecule has 0 bridgehead atoms. The summed E-state index contributed by atoms with van der Waals surface area (Å²) in [6.45, 7) is 16.1. The van der Waals surface area contributed by atoms with Crippen LogP contribution >= 0.6 is 23.5 Å². The van der Waals surface area contributed by atoms with E-state index in [4.69, 9.17) is 4.74 Å². The van der Waals surface area contributed by atoms with Gasteiger partial charge in [0, 0.05) is 21.0 Å². The monoisotopic (exact) mass is 502 g/mol. The zero-order valence-corrected chi connectivity index (χ0v) is 25.4. The summed E-state index contributed by atoms with van der Waals surface area (Å²) in [5, 5.41) is 0. The number of rotatable bonds is 26. The zero-order valence-electron chi connectivity index (χ0n) is 23.8. The Morgan fingerprint density at radius 3 is 1.09 bits per heavy atom. The molecule has 0 radical (unpaired) electrons. The van der Waals surface area contributed by atoms with Crippen molar-refractivity contribution in [1.82, 2.24) is 0 Å². The standard InChI is InChI=1S/C30H62OS2/c1-7-9-11-13-15-17-19-21-23-29(3,4)32-27-25-31-26-28-33-30(5,6)24-22-20-18-16-14-12-10-8-2/h7-28H2,1-6H3. The van der Waals surface area contributed by atoms with E-state index in [1.807, 2.05) is 0 Å². The van der Waals surface area contributed by atoms with Gasteiger partial charge in [-0.25, -0.2) is 0 Å². The van der Waals surface area contributed by atoms with E-state index in [1.165, 1.54) is 116 Å². The molecule has 3 heteroatoms. The fraction of sp³-hybridized carbons (Fsp3) is 1.00. The second-order valence-corrected chi connectivity index (χ2v) is 14.9. The Kier molecular flexibility index (Phi) is 23.5. The second-order valence-electron chi connectivity index (χ2n) is 11.3. The molecule has 0 aromatic heterocycles. The van der Waals surface area contributed by atoms with Gasteiger partial charge in [-0.05, 0) is 12.8 Å². The van der Waals surface area contributed by atoms with E-state index in [9.17, 15) is 0 Å². The fourth-order valence-corrected chi connectivity index (χ4v) is 6.45. The first-order valence-electron chi connectivity index (χ1n) is 14.7. The Bertz CT molecular complexity index is 359. The van der Waals surface area contributed by atoms with Crippen molar-refractivity contribution in [3.63, 3.8) is 0 Å². The Labute approximate surface area is 219 Å². The van der Waals surface area contributed by atoms with Crippen molar-refractivity contribution in [2.45, 2.75) is 167 Å². The summed E-state index contributed by atoms with van der Waals surface area (Å²) in [5.74, 6) is 2.27. The van der Waals surface area contributed by atoms with Gasteiger partial charge < -0.3 is 4.74 Å². The molecule has 0 rings (SSSR count). The molecule has 0 heterocycles. The van der Waals surface area contributed by atoms with Crippen LogP contribution in [0.15, 0.2) is 0 Å². The summed E-state index contributed by atoms with van der Waals surface area (Å²) >= 11 is 4.21. The predicted molar refractivity (Wildman–Crippen MR) is 158 cm³/mol. The molecule has 0 saturated heterocycles. The highest BCUT2D eigenvalue weighted by Crippen LogP contribution is 2.31. The summed E-state index contributed by atoms with van der Waals surface area (Å²) in [6, 6.07) is 0. The lowest BCUT2D eigenvalue weighted by atomic mass is 10.0. The van der Waals surface area contributed by atoms with Crippen molar-refractivity contribution in [2.75, 3.05) is 24.7 Å². The van der Waals surface area contributed by atoms with Gasteiger partial charge in [-0.15, -0.1) is 0 Å². The van der Waals surface area contributed by atoms with Gasteiger partial charge in [0.1, 0.15) is 0 Å². The molecule has 0 spiro atoms. The van der Waals surface area contributed by atoms with Gasteiger partial charge in [0.15, 0.2) is 0 Å². The minimum Gasteiger partial charge on any atom is -0.380 e. The van der Waals surface area contributed by atoms with E-state index in [1.54, 1.807) is 0 Å². The van der Waals surface area contributed by atoms with Crippen molar-refractivity contribution in [3.8, 4) is 0 Å². The van der Waals surface area contributed by atoms with Crippen LogP contribution in [-0.4, -0.2) is 34.2 Å². The van der Waals surface area contributed by atoms with E-state index < -0.39 is 0 Å². The number of unbranched alkanes of at least 4 members (excludes halogenated alkanes) is 14. The summed E-state index contributed by atoms with van der Waals surface area (Å²) < 4.78 is 6.76. The average molecular weight is 503 g/mol. The largest absolute Gasteiger partial charge is 0.380 e. The van der Waals surface area contributed by atoms with Crippen LogP contribution in [0.25, 0.3) is 0 Å². The van der Waals surface area contributed by atoms with E-state index in [0.717, 1.165) is 24.7 Å². The van der Waals surface area contributed by atoms with Crippen LogP contribution in [0.4, 0.5) is 0 Å².